The van der Waals surface area contributed by atoms with Crippen LogP contribution in [0.15, 0.2) is 40.1 Å². The van der Waals surface area contributed by atoms with Crippen molar-refractivity contribution in [3.8, 4) is 0 Å². The van der Waals surface area contributed by atoms with Gasteiger partial charge in [-0.3, -0.25) is 0 Å². The zero-order valence-corrected chi connectivity index (χ0v) is 8.31. The van der Waals surface area contributed by atoms with Gasteiger partial charge in [0.05, 0.1) is 0 Å². The smallest absolute Gasteiger partial charge is 0.0154 e. The van der Waals surface area contributed by atoms with Gasteiger partial charge in [0.2, 0.25) is 0 Å². The summed E-state index contributed by atoms with van der Waals surface area (Å²) < 4.78 is 0. The normalized spacial score (nSPS) is 15.0. The van der Waals surface area contributed by atoms with E-state index in [1.807, 2.05) is 11.8 Å². The first kappa shape index (κ1) is 8.85. The van der Waals surface area contributed by atoms with Crippen molar-refractivity contribution < 1.29 is 0 Å². The molecule has 1 aliphatic rings. The summed E-state index contributed by atoms with van der Waals surface area (Å²) in [6.07, 6.45) is 4.37. The molecule has 0 spiro atoms. The number of thioether (sulfide) groups is 1. The second-order valence-electron chi connectivity index (χ2n) is 3.12. The largest absolute Gasteiger partial charge is 0.330 e. The van der Waals surface area contributed by atoms with Crippen molar-refractivity contribution >= 4 is 11.8 Å². The van der Waals surface area contributed by atoms with Gasteiger partial charge in [-0.15, -0.1) is 0 Å². The zero-order valence-electron chi connectivity index (χ0n) is 7.49. The summed E-state index contributed by atoms with van der Waals surface area (Å²) in [6, 6.07) is 8.57. The Balaban J connectivity index is 2.18. The molecule has 13 heavy (non-hydrogen) atoms. The molecule has 0 aliphatic carbocycles. The lowest BCUT2D eigenvalue weighted by Crippen LogP contribution is -2.01. The van der Waals surface area contributed by atoms with Crippen LogP contribution in [0.25, 0.3) is 0 Å². The number of hydrogen-bond acceptors (Lipinski definition) is 2. The Morgan fingerprint density at radius 2 is 2.15 bits per heavy atom. The van der Waals surface area contributed by atoms with E-state index in [-0.39, 0.29) is 0 Å². The van der Waals surface area contributed by atoms with Crippen molar-refractivity contribution in [2.75, 3.05) is 6.54 Å². The maximum absolute atomic E-state index is 5.53. The maximum atomic E-state index is 5.53. The standard InChI is InChI=1S/C11H13NS/c12-8-7-10-6-5-9-3-1-2-4-11(9)13-10/h1-4,6H,5,7-8,12H2. The Morgan fingerprint density at radius 1 is 1.31 bits per heavy atom. The molecule has 0 amide bonds. The van der Waals surface area contributed by atoms with E-state index in [2.05, 4.69) is 30.3 Å². The first-order valence-corrected chi connectivity index (χ1v) is 5.36. The Labute approximate surface area is 83.0 Å². The monoisotopic (exact) mass is 191 g/mol. The van der Waals surface area contributed by atoms with E-state index in [0.29, 0.717) is 0 Å². The minimum absolute atomic E-state index is 0.751. The molecule has 0 saturated carbocycles. The molecular formula is C11H13NS. The van der Waals surface area contributed by atoms with E-state index in [9.17, 15) is 0 Å². The molecule has 2 rings (SSSR count). The molecule has 0 saturated heterocycles. The molecule has 0 bridgehead atoms. The highest BCUT2D eigenvalue weighted by atomic mass is 32.2. The predicted molar refractivity (Wildman–Crippen MR) is 57.8 cm³/mol. The van der Waals surface area contributed by atoms with Gasteiger partial charge in [-0.25, -0.2) is 0 Å². The summed E-state index contributed by atoms with van der Waals surface area (Å²) in [7, 11) is 0. The van der Waals surface area contributed by atoms with E-state index in [1.54, 1.807) is 0 Å². The van der Waals surface area contributed by atoms with Gasteiger partial charge in [-0.2, -0.15) is 0 Å². The third-order valence-corrected chi connectivity index (χ3v) is 3.41. The minimum Gasteiger partial charge on any atom is -0.330 e. The molecular weight excluding hydrogens is 178 g/mol. The SMILES string of the molecule is NCCC1=CCc2ccccc2S1. The van der Waals surface area contributed by atoms with E-state index in [1.165, 1.54) is 15.4 Å². The molecule has 0 unspecified atom stereocenters. The van der Waals surface area contributed by atoms with Crippen LogP contribution < -0.4 is 5.73 Å². The Hall–Kier alpha value is -0.730. The molecule has 1 aromatic rings. The van der Waals surface area contributed by atoms with E-state index in [0.717, 1.165) is 19.4 Å². The summed E-state index contributed by atoms with van der Waals surface area (Å²) in [5, 5.41) is 0. The highest BCUT2D eigenvalue weighted by molar-refractivity contribution is 8.03. The lowest BCUT2D eigenvalue weighted by atomic mass is 10.1. The van der Waals surface area contributed by atoms with Crippen LogP contribution in [0.3, 0.4) is 0 Å². The molecule has 68 valence electrons. The van der Waals surface area contributed by atoms with Gasteiger partial charge in [0.25, 0.3) is 0 Å². The number of rotatable bonds is 2. The van der Waals surface area contributed by atoms with Crippen LogP contribution >= 0.6 is 11.8 Å². The highest BCUT2D eigenvalue weighted by Gasteiger charge is 2.09. The van der Waals surface area contributed by atoms with Gasteiger partial charge in [0, 0.05) is 4.90 Å². The van der Waals surface area contributed by atoms with Crippen LogP contribution in [0.5, 0.6) is 0 Å². The van der Waals surface area contributed by atoms with Crippen LogP contribution in [-0.4, -0.2) is 6.54 Å². The lowest BCUT2D eigenvalue weighted by Gasteiger charge is -2.15. The molecule has 2 heteroatoms. The van der Waals surface area contributed by atoms with Crippen LogP contribution in [0.4, 0.5) is 0 Å². The van der Waals surface area contributed by atoms with Crippen LogP contribution in [0.2, 0.25) is 0 Å². The highest BCUT2D eigenvalue weighted by Crippen LogP contribution is 2.35. The van der Waals surface area contributed by atoms with Crippen LogP contribution in [0, 0.1) is 0 Å². The first-order chi connectivity index (χ1) is 6.40. The van der Waals surface area contributed by atoms with Gasteiger partial charge in [0.15, 0.2) is 0 Å². The Bertz CT molecular complexity index is 331. The van der Waals surface area contributed by atoms with Crippen molar-refractivity contribution in [3.63, 3.8) is 0 Å². The number of fused-ring (bicyclic) bond motifs is 1. The van der Waals surface area contributed by atoms with Gasteiger partial charge in [-0.05, 0) is 35.9 Å². The van der Waals surface area contributed by atoms with Crippen molar-refractivity contribution in [2.45, 2.75) is 17.7 Å². The number of nitrogens with two attached hydrogens (primary N) is 1. The van der Waals surface area contributed by atoms with Crippen molar-refractivity contribution in [1.29, 1.82) is 0 Å². The van der Waals surface area contributed by atoms with Crippen molar-refractivity contribution in [1.82, 2.24) is 0 Å². The minimum atomic E-state index is 0.751. The molecule has 2 N–H and O–H groups in total. The second-order valence-corrected chi connectivity index (χ2v) is 4.29. The molecule has 1 nitrogen and oxygen atoms in total. The molecule has 0 aromatic heterocycles. The molecule has 1 aliphatic heterocycles. The molecule has 0 radical (unpaired) electrons. The Morgan fingerprint density at radius 3 is 3.00 bits per heavy atom. The molecule has 1 aromatic carbocycles. The summed E-state index contributed by atoms with van der Waals surface area (Å²) in [5.41, 5.74) is 6.96. The maximum Gasteiger partial charge on any atom is 0.0154 e. The lowest BCUT2D eigenvalue weighted by molar-refractivity contribution is 0.980. The third-order valence-electron chi connectivity index (χ3n) is 2.15. The average Bonchev–Trinajstić information content (AvgIpc) is 2.18. The fourth-order valence-electron chi connectivity index (χ4n) is 1.47. The Kier molecular flexibility index (Phi) is 2.71. The van der Waals surface area contributed by atoms with E-state index >= 15 is 0 Å². The van der Waals surface area contributed by atoms with Crippen molar-refractivity contribution in [2.24, 2.45) is 5.73 Å². The molecule has 0 fully saturated rings. The summed E-state index contributed by atoms with van der Waals surface area (Å²) in [5.74, 6) is 0. The topological polar surface area (TPSA) is 26.0 Å². The summed E-state index contributed by atoms with van der Waals surface area (Å²) in [4.78, 5) is 2.81. The van der Waals surface area contributed by atoms with Gasteiger partial charge >= 0.3 is 0 Å². The predicted octanol–water partition coefficient (Wildman–Crippen LogP) is 2.57. The zero-order chi connectivity index (χ0) is 9.10. The summed E-state index contributed by atoms with van der Waals surface area (Å²) >= 11 is 1.86. The average molecular weight is 191 g/mol. The van der Waals surface area contributed by atoms with E-state index in [4.69, 9.17) is 5.73 Å². The van der Waals surface area contributed by atoms with Gasteiger partial charge in [-0.1, -0.05) is 36.0 Å². The summed E-state index contributed by atoms with van der Waals surface area (Å²) in [6.45, 7) is 0.751. The number of allylic oxidation sites excluding steroid dienone is 1. The molecule has 1 heterocycles. The molecule has 0 atom stereocenters. The second kappa shape index (κ2) is 3.99. The van der Waals surface area contributed by atoms with Gasteiger partial charge < -0.3 is 5.73 Å². The quantitative estimate of drug-likeness (QED) is 0.777. The van der Waals surface area contributed by atoms with Crippen LogP contribution in [0.1, 0.15) is 12.0 Å². The van der Waals surface area contributed by atoms with Crippen LogP contribution in [-0.2, 0) is 6.42 Å². The van der Waals surface area contributed by atoms with E-state index < -0.39 is 0 Å². The first-order valence-electron chi connectivity index (χ1n) is 4.55. The van der Waals surface area contributed by atoms with Crippen molar-refractivity contribution in [3.05, 3.63) is 40.8 Å². The third kappa shape index (κ3) is 1.95. The fourth-order valence-corrected chi connectivity index (χ4v) is 2.57. The van der Waals surface area contributed by atoms with Gasteiger partial charge in [0.1, 0.15) is 0 Å². The number of hydrogen-bond donors (Lipinski definition) is 1. The number of benzene rings is 1. The fraction of sp³-hybridized carbons (Fsp3) is 0.273.